The van der Waals surface area contributed by atoms with E-state index in [0.717, 1.165) is 29.7 Å². The second-order valence-corrected chi connectivity index (χ2v) is 12.3. The van der Waals surface area contributed by atoms with Gasteiger partial charge in [0, 0.05) is 6.07 Å². The standard InChI is InChI=1S/C33H39N3O7/c1-32(2,3)42-29(37)19-25(36-31(39)43-33(4,5)6)30(38)35-23-13-17-28(34-20-23)40-24-14-16-27-22(18-24)12-15-26(41-27)21-10-8-7-9-11-21/h7-11,13-14,16-18,20,25-26H,12,15,19H2,1-6H3,(H,35,38)(H,36,39)/t25?,26-/m0/s1. The number of fused-ring (bicyclic) bond motifs is 1. The first-order valence-corrected chi connectivity index (χ1v) is 14.2. The number of hydrogen-bond acceptors (Lipinski definition) is 8. The van der Waals surface area contributed by atoms with Crippen molar-refractivity contribution in [1.82, 2.24) is 10.3 Å². The molecule has 3 aromatic rings. The Morgan fingerprint density at radius 3 is 2.33 bits per heavy atom. The number of aryl methyl sites for hydroxylation is 1. The molecule has 2 atom stereocenters. The third-order valence-corrected chi connectivity index (χ3v) is 6.17. The molecule has 4 rings (SSSR count). The smallest absolute Gasteiger partial charge is 0.408 e. The van der Waals surface area contributed by atoms with Crippen molar-refractivity contribution in [2.75, 3.05) is 5.32 Å². The van der Waals surface area contributed by atoms with Gasteiger partial charge in [0.1, 0.15) is 34.8 Å². The number of pyridine rings is 1. The number of nitrogens with zero attached hydrogens (tertiary/aromatic N) is 1. The minimum Gasteiger partial charge on any atom is -0.485 e. The first-order chi connectivity index (χ1) is 20.2. The number of anilines is 1. The Hall–Kier alpha value is -4.60. The minimum atomic E-state index is -1.24. The van der Waals surface area contributed by atoms with Crippen LogP contribution in [-0.2, 0) is 25.5 Å². The lowest BCUT2D eigenvalue weighted by atomic mass is 9.97. The first-order valence-electron chi connectivity index (χ1n) is 14.2. The molecule has 0 spiro atoms. The maximum atomic E-state index is 13.1. The van der Waals surface area contributed by atoms with Gasteiger partial charge in [-0.3, -0.25) is 9.59 Å². The summed E-state index contributed by atoms with van der Waals surface area (Å²) in [6, 6.07) is 17.8. The second kappa shape index (κ2) is 13.1. The van der Waals surface area contributed by atoms with Crippen molar-refractivity contribution in [2.45, 2.75) is 84.2 Å². The molecule has 2 amide bonds. The van der Waals surface area contributed by atoms with E-state index in [1.54, 1.807) is 53.7 Å². The van der Waals surface area contributed by atoms with Crippen LogP contribution in [0.15, 0.2) is 66.9 Å². The van der Waals surface area contributed by atoms with Gasteiger partial charge in [0.2, 0.25) is 11.8 Å². The Morgan fingerprint density at radius 2 is 1.67 bits per heavy atom. The number of rotatable bonds is 8. The number of carbonyl (C=O) groups is 3. The molecule has 1 aliphatic heterocycles. The van der Waals surface area contributed by atoms with Crippen molar-refractivity contribution in [1.29, 1.82) is 0 Å². The molecule has 10 nitrogen and oxygen atoms in total. The summed E-state index contributed by atoms with van der Waals surface area (Å²) in [4.78, 5) is 42.2. The molecule has 2 heterocycles. The molecule has 10 heteroatoms. The van der Waals surface area contributed by atoms with Crippen LogP contribution >= 0.6 is 0 Å². The molecule has 0 saturated carbocycles. The highest BCUT2D eigenvalue weighted by Gasteiger charge is 2.29. The van der Waals surface area contributed by atoms with E-state index in [4.69, 9.17) is 18.9 Å². The van der Waals surface area contributed by atoms with E-state index in [1.165, 1.54) is 6.20 Å². The number of aromatic nitrogens is 1. The number of hydrogen-bond donors (Lipinski definition) is 2. The van der Waals surface area contributed by atoms with Crippen LogP contribution in [0.25, 0.3) is 0 Å². The highest BCUT2D eigenvalue weighted by molar-refractivity contribution is 5.98. The third-order valence-electron chi connectivity index (χ3n) is 6.17. The number of amides is 2. The SMILES string of the molecule is CC(C)(C)OC(=O)CC(NC(=O)OC(C)(C)C)C(=O)Nc1ccc(Oc2ccc3c(c2)CC[C@@H](c2ccccc2)O3)nc1. The lowest BCUT2D eigenvalue weighted by molar-refractivity contribution is -0.156. The summed E-state index contributed by atoms with van der Waals surface area (Å²) in [5, 5.41) is 5.14. The molecule has 0 bridgehead atoms. The average Bonchev–Trinajstić information content (AvgIpc) is 2.92. The molecule has 2 N–H and O–H groups in total. The van der Waals surface area contributed by atoms with Crippen LogP contribution in [0.5, 0.6) is 17.4 Å². The highest BCUT2D eigenvalue weighted by Crippen LogP contribution is 2.37. The fourth-order valence-electron chi connectivity index (χ4n) is 4.40. The molecule has 43 heavy (non-hydrogen) atoms. The molecule has 2 aromatic carbocycles. The zero-order valence-corrected chi connectivity index (χ0v) is 25.4. The number of carbonyl (C=O) groups excluding carboxylic acids is 3. The maximum absolute atomic E-state index is 13.1. The largest absolute Gasteiger partial charge is 0.485 e. The van der Waals surface area contributed by atoms with Gasteiger partial charge >= 0.3 is 12.1 Å². The Bertz CT molecular complexity index is 1400. The Morgan fingerprint density at radius 1 is 0.953 bits per heavy atom. The quantitative estimate of drug-likeness (QED) is 0.285. The summed E-state index contributed by atoms with van der Waals surface area (Å²) in [5.74, 6) is 0.504. The lowest BCUT2D eigenvalue weighted by Crippen LogP contribution is -2.47. The van der Waals surface area contributed by atoms with Crippen molar-refractivity contribution < 1.29 is 33.3 Å². The van der Waals surface area contributed by atoms with Crippen molar-refractivity contribution in [3.8, 4) is 17.4 Å². The zero-order valence-electron chi connectivity index (χ0n) is 25.4. The van der Waals surface area contributed by atoms with Gasteiger partial charge in [0.05, 0.1) is 18.3 Å². The third kappa shape index (κ3) is 9.73. The van der Waals surface area contributed by atoms with E-state index in [-0.39, 0.29) is 12.5 Å². The number of alkyl carbamates (subject to hydrolysis) is 1. The summed E-state index contributed by atoms with van der Waals surface area (Å²) in [5.41, 5.74) is 1.03. The topological polar surface area (TPSA) is 125 Å². The van der Waals surface area contributed by atoms with Gasteiger partial charge in [0.15, 0.2) is 0 Å². The Balaban J connectivity index is 1.37. The number of ether oxygens (including phenoxy) is 4. The number of benzene rings is 2. The van der Waals surface area contributed by atoms with Crippen LogP contribution in [0.4, 0.5) is 10.5 Å². The predicted molar refractivity (Wildman–Crippen MR) is 161 cm³/mol. The van der Waals surface area contributed by atoms with Crippen molar-refractivity contribution in [3.63, 3.8) is 0 Å². The average molecular weight is 590 g/mol. The van der Waals surface area contributed by atoms with Crippen LogP contribution in [-0.4, -0.2) is 40.2 Å². The normalized spacial score (nSPS) is 15.3. The van der Waals surface area contributed by atoms with Gasteiger partial charge < -0.3 is 29.6 Å². The Kier molecular flexibility index (Phi) is 9.58. The van der Waals surface area contributed by atoms with Gasteiger partial charge in [-0.1, -0.05) is 30.3 Å². The molecule has 0 saturated heterocycles. The van der Waals surface area contributed by atoms with Gasteiger partial charge in [-0.15, -0.1) is 0 Å². The minimum absolute atomic E-state index is 0.0213. The molecule has 1 aromatic heterocycles. The number of nitrogens with one attached hydrogen (secondary N) is 2. The van der Waals surface area contributed by atoms with Gasteiger partial charge in [-0.2, -0.15) is 0 Å². The summed E-state index contributed by atoms with van der Waals surface area (Å²) in [7, 11) is 0. The molecule has 1 aliphatic rings. The maximum Gasteiger partial charge on any atom is 0.408 e. The van der Waals surface area contributed by atoms with Crippen molar-refractivity contribution >= 4 is 23.7 Å². The van der Waals surface area contributed by atoms with E-state index in [9.17, 15) is 14.4 Å². The predicted octanol–water partition coefficient (Wildman–Crippen LogP) is 6.50. The molecule has 228 valence electrons. The van der Waals surface area contributed by atoms with E-state index in [2.05, 4.69) is 27.8 Å². The van der Waals surface area contributed by atoms with E-state index >= 15 is 0 Å². The van der Waals surface area contributed by atoms with Gasteiger partial charge in [-0.05, 0) is 89.8 Å². The monoisotopic (exact) mass is 589 g/mol. The van der Waals surface area contributed by atoms with Crippen LogP contribution in [0, 0.1) is 0 Å². The van der Waals surface area contributed by atoms with Crippen LogP contribution in [0.2, 0.25) is 0 Å². The van der Waals surface area contributed by atoms with Crippen LogP contribution < -0.4 is 20.1 Å². The van der Waals surface area contributed by atoms with Crippen molar-refractivity contribution in [2.24, 2.45) is 0 Å². The molecule has 0 aliphatic carbocycles. The fraction of sp³-hybridized carbons (Fsp3) is 0.394. The van der Waals surface area contributed by atoms with Crippen LogP contribution in [0.3, 0.4) is 0 Å². The van der Waals surface area contributed by atoms with Crippen molar-refractivity contribution in [3.05, 3.63) is 78.0 Å². The van der Waals surface area contributed by atoms with E-state index in [1.807, 2.05) is 36.4 Å². The summed E-state index contributed by atoms with van der Waals surface area (Å²) in [6.07, 6.45) is 1.96. The first kappa shape index (κ1) is 31.3. The van der Waals surface area contributed by atoms with Crippen LogP contribution in [0.1, 0.15) is 71.6 Å². The summed E-state index contributed by atoms with van der Waals surface area (Å²) in [6.45, 7) is 10.2. The zero-order chi connectivity index (χ0) is 31.2. The molecule has 0 fully saturated rings. The fourth-order valence-corrected chi connectivity index (χ4v) is 4.40. The summed E-state index contributed by atoms with van der Waals surface area (Å²) < 4.78 is 22.8. The molecule has 1 unspecified atom stereocenters. The van der Waals surface area contributed by atoms with Gasteiger partial charge in [0.25, 0.3) is 0 Å². The summed E-state index contributed by atoms with van der Waals surface area (Å²) >= 11 is 0. The molecular formula is C33H39N3O7. The van der Waals surface area contributed by atoms with E-state index < -0.39 is 35.2 Å². The van der Waals surface area contributed by atoms with E-state index in [0.29, 0.717) is 17.3 Å². The highest BCUT2D eigenvalue weighted by atomic mass is 16.6. The van der Waals surface area contributed by atoms with Gasteiger partial charge in [-0.25, -0.2) is 9.78 Å². The molecular weight excluding hydrogens is 550 g/mol. The lowest BCUT2D eigenvalue weighted by Gasteiger charge is -2.26. The second-order valence-electron chi connectivity index (χ2n) is 12.3. The molecule has 0 radical (unpaired) electrons. The Labute approximate surface area is 252 Å². The number of esters is 1.